The molecule has 2 fully saturated rings. The van der Waals surface area contributed by atoms with Crippen molar-refractivity contribution in [3.63, 3.8) is 0 Å². The summed E-state index contributed by atoms with van der Waals surface area (Å²) in [6.45, 7) is -0.215. The number of hydrogen-bond acceptors (Lipinski definition) is 3. The second-order valence-corrected chi connectivity index (χ2v) is 6.94. The Hall–Kier alpha value is -2.71. The van der Waals surface area contributed by atoms with Crippen LogP contribution in [0.2, 0.25) is 0 Å². The third-order valence-electron chi connectivity index (χ3n) is 5.40. The third-order valence-corrected chi connectivity index (χ3v) is 5.40. The highest BCUT2D eigenvalue weighted by Crippen LogP contribution is 2.46. The average molecular weight is 350 g/mol. The molecule has 1 N–H and O–H groups in total. The van der Waals surface area contributed by atoms with Crippen molar-refractivity contribution in [1.29, 1.82) is 5.26 Å². The minimum Gasteiger partial charge on any atom is -0.394 e. The highest BCUT2D eigenvalue weighted by molar-refractivity contribution is 5.84. The van der Waals surface area contributed by atoms with E-state index in [1.807, 2.05) is 24.3 Å². The van der Waals surface area contributed by atoms with Gasteiger partial charge in [-0.2, -0.15) is 5.26 Å². The van der Waals surface area contributed by atoms with Gasteiger partial charge in [0.05, 0.1) is 18.7 Å². The van der Waals surface area contributed by atoms with E-state index in [0.717, 1.165) is 18.4 Å². The molecule has 1 amide bonds. The Morgan fingerprint density at radius 1 is 1.15 bits per heavy atom. The molecule has 1 aliphatic carbocycles. The molecule has 4 nitrogen and oxygen atoms in total. The first kappa shape index (κ1) is 16.7. The van der Waals surface area contributed by atoms with Crippen molar-refractivity contribution in [2.24, 2.45) is 5.92 Å². The summed E-state index contributed by atoms with van der Waals surface area (Å²) in [5, 5.41) is 19.6. The maximum Gasteiger partial charge on any atom is 0.227 e. The van der Waals surface area contributed by atoms with Crippen LogP contribution in [0.5, 0.6) is 0 Å². The summed E-state index contributed by atoms with van der Waals surface area (Å²) in [6.07, 6.45) is 1.70. The zero-order chi connectivity index (χ0) is 18.3. The van der Waals surface area contributed by atoms with Crippen molar-refractivity contribution < 1.29 is 14.3 Å². The van der Waals surface area contributed by atoms with Crippen molar-refractivity contribution in [1.82, 2.24) is 4.90 Å². The Kier molecular flexibility index (Phi) is 4.21. The molecule has 0 aromatic heterocycles. The molecule has 0 bridgehead atoms. The average Bonchev–Trinajstić information content (AvgIpc) is 3.48. The Balaban J connectivity index is 1.75. The summed E-state index contributed by atoms with van der Waals surface area (Å²) < 4.78 is 14.3. The van der Waals surface area contributed by atoms with Gasteiger partial charge in [0.25, 0.3) is 0 Å². The Morgan fingerprint density at radius 2 is 1.81 bits per heavy atom. The van der Waals surface area contributed by atoms with Crippen LogP contribution in [0, 0.1) is 23.1 Å². The van der Waals surface area contributed by atoms with Crippen LogP contribution in [-0.2, 0) is 4.79 Å². The van der Waals surface area contributed by atoms with Gasteiger partial charge in [0.1, 0.15) is 11.9 Å². The SMILES string of the molecule is N#C[C@H]1[C@H](c2ccccc2-c2ccccc2F)[C@@H](CO)N1C(=O)C1CC1. The molecule has 1 saturated carbocycles. The van der Waals surface area contributed by atoms with Crippen LogP contribution in [-0.4, -0.2) is 34.6 Å². The highest BCUT2D eigenvalue weighted by atomic mass is 19.1. The number of carbonyl (C=O) groups excluding carboxylic acids is 1. The number of amides is 1. The van der Waals surface area contributed by atoms with Crippen LogP contribution in [0.1, 0.15) is 24.3 Å². The van der Waals surface area contributed by atoms with Crippen LogP contribution < -0.4 is 0 Å². The lowest BCUT2D eigenvalue weighted by atomic mass is 9.73. The van der Waals surface area contributed by atoms with Gasteiger partial charge in [-0.3, -0.25) is 4.79 Å². The number of benzene rings is 2. The maximum absolute atomic E-state index is 14.3. The minimum atomic E-state index is -0.631. The zero-order valence-electron chi connectivity index (χ0n) is 14.2. The van der Waals surface area contributed by atoms with E-state index in [1.54, 1.807) is 18.2 Å². The predicted molar refractivity (Wildman–Crippen MR) is 94.4 cm³/mol. The van der Waals surface area contributed by atoms with Gasteiger partial charge < -0.3 is 10.0 Å². The van der Waals surface area contributed by atoms with Gasteiger partial charge in [-0.1, -0.05) is 42.5 Å². The minimum absolute atomic E-state index is 0.0114. The molecule has 0 unspecified atom stereocenters. The zero-order valence-corrected chi connectivity index (χ0v) is 14.2. The van der Waals surface area contributed by atoms with Crippen LogP contribution in [0.4, 0.5) is 4.39 Å². The largest absolute Gasteiger partial charge is 0.394 e. The summed E-state index contributed by atoms with van der Waals surface area (Å²) in [5.74, 6) is -0.722. The Morgan fingerprint density at radius 3 is 2.42 bits per heavy atom. The molecular formula is C21H19FN2O2. The van der Waals surface area contributed by atoms with Crippen LogP contribution in [0.3, 0.4) is 0 Å². The van der Waals surface area contributed by atoms with Gasteiger partial charge in [-0.25, -0.2) is 4.39 Å². The molecule has 5 heteroatoms. The van der Waals surface area contributed by atoms with Crippen molar-refractivity contribution in [3.05, 3.63) is 59.9 Å². The van der Waals surface area contributed by atoms with Crippen LogP contribution >= 0.6 is 0 Å². The monoisotopic (exact) mass is 350 g/mol. The fraction of sp³-hybridized carbons (Fsp3) is 0.333. The normalized spacial score (nSPS) is 24.7. The molecule has 2 aromatic rings. The molecule has 1 saturated heterocycles. The van der Waals surface area contributed by atoms with E-state index in [-0.39, 0.29) is 30.2 Å². The van der Waals surface area contributed by atoms with E-state index < -0.39 is 12.1 Å². The second-order valence-electron chi connectivity index (χ2n) is 6.94. The topological polar surface area (TPSA) is 64.3 Å². The molecule has 132 valence electrons. The highest BCUT2D eigenvalue weighted by Gasteiger charge is 2.54. The van der Waals surface area contributed by atoms with Crippen molar-refractivity contribution in [3.8, 4) is 17.2 Å². The van der Waals surface area contributed by atoms with E-state index in [1.165, 1.54) is 11.0 Å². The van der Waals surface area contributed by atoms with Crippen LogP contribution in [0.25, 0.3) is 11.1 Å². The van der Waals surface area contributed by atoms with Crippen molar-refractivity contribution in [2.45, 2.75) is 30.8 Å². The van der Waals surface area contributed by atoms with Gasteiger partial charge in [-0.15, -0.1) is 0 Å². The summed E-state index contributed by atoms with van der Waals surface area (Å²) in [7, 11) is 0. The van der Waals surface area contributed by atoms with E-state index >= 15 is 0 Å². The number of hydrogen-bond donors (Lipinski definition) is 1. The maximum atomic E-state index is 14.3. The summed E-state index contributed by atoms with van der Waals surface area (Å²) in [5.41, 5.74) is 1.96. The lowest BCUT2D eigenvalue weighted by Crippen LogP contribution is -2.65. The van der Waals surface area contributed by atoms with Gasteiger partial charge in [-0.05, 0) is 30.0 Å². The molecule has 26 heavy (non-hydrogen) atoms. The number of aliphatic hydroxyl groups is 1. The van der Waals surface area contributed by atoms with Crippen LogP contribution in [0.15, 0.2) is 48.5 Å². The first-order valence-corrected chi connectivity index (χ1v) is 8.84. The first-order chi connectivity index (χ1) is 12.7. The molecule has 1 heterocycles. The number of carbonyl (C=O) groups is 1. The Labute approximate surface area is 151 Å². The van der Waals surface area contributed by atoms with Crippen molar-refractivity contribution >= 4 is 5.91 Å². The number of nitrogens with zero attached hydrogens (tertiary/aromatic N) is 2. The molecule has 4 rings (SSSR count). The van der Waals surface area contributed by atoms with Gasteiger partial charge in [0.2, 0.25) is 5.91 Å². The summed E-state index contributed by atoms with van der Waals surface area (Å²) in [6, 6.07) is 15.0. The fourth-order valence-corrected chi connectivity index (χ4v) is 3.94. The Bertz CT molecular complexity index is 888. The molecule has 3 atom stereocenters. The van der Waals surface area contributed by atoms with E-state index in [9.17, 15) is 19.6 Å². The number of rotatable bonds is 4. The lowest BCUT2D eigenvalue weighted by molar-refractivity contribution is -0.148. The van der Waals surface area contributed by atoms with Crippen molar-refractivity contribution in [2.75, 3.05) is 6.61 Å². The molecule has 0 spiro atoms. The molecule has 2 aliphatic rings. The number of nitriles is 1. The smallest absolute Gasteiger partial charge is 0.227 e. The number of aliphatic hydroxyl groups excluding tert-OH is 1. The number of likely N-dealkylation sites (tertiary alicyclic amines) is 1. The fourth-order valence-electron chi connectivity index (χ4n) is 3.94. The van der Waals surface area contributed by atoms with Gasteiger partial charge in [0.15, 0.2) is 0 Å². The predicted octanol–water partition coefficient (Wildman–Crippen LogP) is 3.08. The van der Waals surface area contributed by atoms with E-state index in [2.05, 4.69) is 6.07 Å². The molecule has 0 radical (unpaired) electrons. The molecule has 1 aliphatic heterocycles. The standard InChI is InChI=1S/C21H19FN2O2/c22-17-8-4-3-6-15(17)14-5-1-2-7-16(14)20-18(11-23)24(19(20)12-25)21(26)13-9-10-13/h1-8,13,18-20,25H,9-10,12H2/t18-,19+,20-/m0/s1. The first-order valence-electron chi connectivity index (χ1n) is 8.84. The van der Waals surface area contributed by atoms with Gasteiger partial charge >= 0.3 is 0 Å². The molecule has 2 aromatic carbocycles. The van der Waals surface area contributed by atoms with Gasteiger partial charge in [0, 0.05) is 17.4 Å². The molecular weight excluding hydrogens is 331 g/mol. The third kappa shape index (κ3) is 2.58. The summed E-state index contributed by atoms with van der Waals surface area (Å²) in [4.78, 5) is 14.0. The van der Waals surface area contributed by atoms with E-state index in [4.69, 9.17) is 0 Å². The lowest BCUT2D eigenvalue weighted by Gasteiger charge is -2.52. The summed E-state index contributed by atoms with van der Waals surface area (Å²) >= 11 is 0. The van der Waals surface area contributed by atoms with E-state index in [0.29, 0.717) is 11.1 Å². The number of halogens is 1. The quantitative estimate of drug-likeness (QED) is 0.922. The second kappa shape index (κ2) is 6.54.